The van der Waals surface area contributed by atoms with Crippen molar-refractivity contribution in [2.24, 2.45) is 5.92 Å². The minimum absolute atomic E-state index is 0.0334. The predicted molar refractivity (Wildman–Crippen MR) is 81.1 cm³/mol. The van der Waals surface area contributed by atoms with E-state index in [4.69, 9.17) is 9.47 Å². The number of amides is 1. The lowest BCUT2D eigenvalue weighted by Crippen LogP contribution is -2.38. The van der Waals surface area contributed by atoms with E-state index in [9.17, 15) is 9.59 Å². The molecule has 1 rings (SSSR count). The summed E-state index contributed by atoms with van der Waals surface area (Å²) in [5.41, 5.74) is 0. The first kappa shape index (κ1) is 18.1. The Morgan fingerprint density at radius 1 is 1.10 bits per heavy atom. The summed E-state index contributed by atoms with van der Waals surface area (Å²) in [6.07, 6.45) is 4.18. The van der Waals surface area contributed by atoms with Gasteiger partial charge in [-0.2, -0.15) is 0 Å². The van der Waals surface area contributed by atoms with Gasteiger partial charge in [0.1, 0.15) is 5.78 Å². The van der Waals surface area contributed by atoms with E-state index in [-0.39, 0.29) is 29.8 Å². The molecule has 0 aromatic heterocycles. The number of nitrogens with one attached hydrogen (secondary N) is 1. The smallest absolute Gasteiger partial charge is 0.222 e. The topological polar surface area (TPSA) is 64.6 Å². The number of hydrogen-bond donors (Lipinski definition) is 1. The average molecular weight is 299 g/mol. The number of ether oxygens (including phenoxy) is 2. The van der Waals surface area contributed by atoms with Crippen LogP contribution in [-0.2, 0) is 19.1 Å². The van der Waals surface area contributed by atoms with E-state index in [0.717, 1.165) is 25.7 Å². The van der Waals surface area contributed by atoms with Gasteiger partial charge in [-0.15, -0.1) is 0 Å². The van der Waals surface area contributed by atoms with Gasteiger partial charge in [-0.05, 0) is 46.5 Å². The molecule has 0 atom stereocenters. The maximum absolute atomic E-state index is 11.8. The molecule has 21 heavy (non-hydrogen) atoms. The second kappa shape index (κ2) is 9.90. The van der Waals surface area contributed by atoms with Gasteiger partial charge in [0.25, 0.3) is 0 Å². The highest BCUT2D eigenvalue weighted by molar-refractivity contribution is 5.78. The molecule has 0 aliphatic heterocycles. The maximum atomic E-state index is 11.8. The molecular formula is C16H29NO4. The Labute approximate surface area is 127 Å². The van der Waals surface area contributed by atoms with E-state index < -0.39 is 0 Å². The van der Waals surface area contributed by atoms with Crippen LogP contribution >= 0.6 is 0 Å². The van der Waals surface area contributed by atoms with Crippen molar-refractivity contribution in [3.05, 3.63) is 0 Å². The van der Waals surface area contributed by atoms with Crippen LogP contribution in [0.4, 0.5) is 0 Å². The van der Waals surface area contributed by atoms with Crippen LogP contribution in [0.2, 0.25) is 0 Å². The molecule has 0 heterocycles. The summed E-state index contributed by atoms with van der Waals surface area (Å²) in [5, 5.41) is 3.03. The second-order valence-electron chi connectivity index (χ2n) is 6.01. The zero-order chi connectivity index (χ0) is 15.7. The molecule has 0 bridgehead atoms. The molecule has 0 aromatic rings. The number of rotatable bonds is 9. The van der Waals surface area contributed by atoms with E-state index in [2.05, 4.69) is 5.32 Å². The monoisotopic (exact) mass is 299 g/mol. The van der Waals surface area contributed by atoms with Crippen molar-refractivity contribution in [3.8, 4) is 0 Å². The van der Waals surface area contributed by atoms with Crippen LogP contribution in [0.25, 0.3) is 0 Å². The Bertz CT molecular complexity index is 322. The minimum Gasteiger partial charge on any atom is -0.379 e. The number of Topliss-reactive ketones (excluding diaryl/α,β-unsaturated/α-hetero) is 1. The van der Waals surface area contributed by atoms with E-state index in [1.54, 1.807) is 6.92 Å². The summed E-state index contributed by atoms with van der Waals surface area (Å²) in [7, 11) is 0. The highest BCUT2D eigenvalue weighted by Crippen LogP contribution is 2.24. The van der Waals surface area contributed by atoms with Gasteiger partial charge in [0, 0.05) is 18.4 Å². The van der Waals surface area contributed by atoms with Crippen LogP contribution in [0.3, 0.4) is 0 Å². The highest BCUT2D eigenvalue weighted by Gasteiger charge is 2.24. The molecular weight excluding hydrogens is 270 g/mol. The zero-order valence-electron chi connectivity index (χ0n) is 13.5. The van der Waals surface area contributed by atoms with Gasteiger partial charge in [-0.25, -0.2) is 0 Å². The molecule has 5 nitrogen and oxygen atoms in total. The number of ketones is 1. The number of carbonyl (C=O) groups excluding carboxylic acids is 2. The predicted octanol–water partition coefficient (Wildman–Crippen LogP) is 2.08. The Hall–Kier alpha value is -0.940. The SMILES string of the molecule is CC(=O)C1CCC(NC(=O)CCOCCOC(C)C)CC1. The van der Waals surface area contributed by atoms with Gasteiger partial charge in [-0.3, -0.25) is 9.59 Å². The molecule has 0 aromatic carbocycles. The van der Waals surface area contributed by atoms with Gasteiger partial charge >= 0.3 is 0 Å². The summed E-state index contributed by atoms with van der Waals surface area (Å²) in [6.45, 7) is 7.13. The Balaban J connectivity index is 2.03. The van der Waals surface area contributed by atoms with Gasteiger partial charge in [0.15, 0.2) is 0 Å². The van der Waals surface area contributed by atoms with Gasteiger partial charge in [-0.1, -0.05) is 0 Å². The van der Waals surface area contributed by atoms with Gasteiger partial charge < -0.3 is 14.8 Å². The largest absolute Gasteiger partial charge is 0.379 e. The van der Waals surface area contributed by atoms with Crippen LogP contribution in [0.5, 0.6) is 0 Å². The zero-order valence-corrected chi connectivity index (χ0v) is 13.5. The van der Waals surface area contributed by atoms with Crippen molar-refractivity contribution in [3.63, 3.8) is 0 Å². The summed E-state index contributed by atoms with van der Waals surface area (Å²) >= 11 is 0. The fraction of sp³-hybridized carbons (Fsp3) is 0.875. The first-order valence-corrected chi connectivity index (χ1v) is 7.98. The molecule has 1 fully saturated rings. The average Bonchev–Trinajstić information content (AvgIpc) is 2.43. The van der Waals surface area contributed by atoms with Crippen LogP contribution in [-0.4, -0.2) is 43.7 Å². The van der Waals surface area contributed by atoms with Crippen LogP contribution in [0, 0.1) is 5.92 Å². The molecule has 1 saturated carbocycles. The van der Waals surface area contributed by atoms with E-state index >= 15 is 0 Å². The fourth-order valence-electron chi connectivity index (χ4n) is 2.55. The fourth-order valence-corrected chi connectivity index (χ4v) is 2.55. The molecule has 1 aliphatic carbocycles. The number of hydrogen-bond acceptors (Lipinski definition) is 4. The van der Waals surface area contributed by atoms with Crippen molar-refractivity contribution in [1.29, 1.82) is 0 Å². The summed E-state index contributed by atoms with van der Waals surface area (Å²) in [4.78, 5) is 23.1. The van der Waals surface area contributed by atoms with E-state index in [1.165, 1.54) is 0 Å². The summed E-state index contributed by atoms with van der Waals surface area (Å²) < 4.78 is 10.7. The lowest BCUT2D eigenvalue weighted by molar-refractivity contribution is -0.123. The Kier molecular flexibility index (Phi) is 8.54. The van der Waals surface area contributed by atoms with Crippen LogP contribution in [0.15, 0.2) is 0 Å². The molecule has 0 radical (unpaired) electrons. The van der Waals surface area contributed by atoms with E-state index in [1.807, 2.05) is 13.8 Å². The van der Waals surface area contributed by atoms with Gasteiger partial charge in [0.2, 0.25) is 5.91 Å². The number of carbonyl (C=O) groups is 2. The molecule has 0 spiro atoms. The first-order chi connectivity index (χ1) is 9.99. The van der Waals surface area contributed by atoms with Crippen LogP contribution < -0.4 is 5.32 Å². The standard InChI is InChI=1S/C16H29NO4/c1-12(2)21-11-10-20-9-8-16(19)17-15-6-4-14(5-7-15)13(3)18/h12,14-15H,4-11H2,1-3H3,(H,17,19). The molecule has 0 unspecified atom stereocenters. The first-order valence-electron chi connectivity index (χ1n) is 7.98. The third-order valence-electron chi connectivity index (χ3n) is 3.82. The molecule has 1 aliphatic rings. The minimum atomic E-state index is 0.0334. The lowest BCUT2D eigenvalue weighted by Gasteiger charge is -2.27. The lowest BCUT2D eigenvalue weighted by atomic mass is 9.84. The summed E-state index contributed by atoms with van der Waals surface area (Å²) in [6, 6.07) is 0.220. The van der Waals surface area contributed by atoms with Crippen molar-refractivity contribution < 1.29 is 19.1 Å². The van der Waals surface area contributed by atoms with Crippen LogP contribution in [0.1, 0.15) is 52.9 Å². The normalized spacial score (nSPS) is 22.3. The Morgan fingerprint density at radius 3 is 2.33 bits per heavy atom. The molecule has 1 amide bonds. The van der Waals surface area contributed by atoms with Crippen molar-refractivity contribution in [1.82, 2.24) is 5.32 Å². The second-order valence-corrected chi connectivity index (χ2v) is 6.01. The third-order valence-corrected chi connectivity index (χ3v) is 3.82. The quantitative estimate of drug-likeness (QED) is 0.662. The van der Waals surface area contributed by atoms with E-state index in [0.29, 0.717) is 26.2 Å². The van der Waals surface area contributed by atoms with Gasteiger partial charge in [0.05, 0.1) is 25.9 Å². The maximum Gasteiger partial charge on any atom is 0.222 e. The third kappa shape index (κ3) is 8.17. The molecule has 5 heteroatoms. The van der Waals surface area contributed by atoms with Crippen molar-refractivity contribution in [2.75, 3.05) is 19.8 Å². The molecule has 122 valence electrons. The highest BCUT2D eigenvalue weighted by atomic mass is 16.5. The molecule has 0 saturated heterocycles. The molecule has 1 N–H and O–H groups in total. The van der Waals surface area contributed by atoms with Crippen molar-refractivity contribution in [2.45, 2.75) is 65.0 Å². The Morgan fingerprint density at radius 2 is 1.76 bits per heavy atom. The summed E-state index contributed by atoms with van der Waals surface area (Å²) in [5.74, 6) is 0.505. The van der Waals surface area contributed by atoms with Crippen molar-refractivity contribution >= 4 is 11.7 Å².